The molecule has 5 heterocycles. The lowest BCUT2D eigenvalue weighted by Gasteiger charge is -2.52. The van der Waals surface area contributed by atoms with E-state index in [0.29, 0.717) is 42.3 Å². The first-order valence-corrected chi connectivity index (χ1v) is 12.3. The van der Waals surface area contributed by atoms with Crippen LogP contribution in [0.15, 0.2) is 18.3 Å². The Morgan fingerprint density at radius 1 is 1.21 bits per heavy atom. The van der Waals surface area contributed by atoms with E-state index in [1.165, 1.54) is 6.42 Å². The van der Waals surface area contributed by atoms with Crippen LogP contribution in [0.4, 0.5) is 5.82 Å². The van der Waals surface area contributed by atoms with Crippen LogP contribution in [0.5, 0.6) is 0 Å². The number of aryl methyl sites for hydroxylation is 2. The van der Waals surface area contributed by atoms with Gasteiger partial charge in [-0.05, 0) is 64.0 Å². The molecule has 5 rings (SSSR count). The van der Waals surface area contributed by atoms with E-state index < -0.39 is 0 Å². The van der Waals surface area contributed by atoms with E-state index in [1.807, 2.05) is 30.7 Å². The van der Waals surface area contributed by atoms with E-state index in [2.05, 4.69) is 32.1 Å². The number of nitrogens with one attached hydrogen (secondary N) is 1. The molecule has 33 heavy (non-hydrogen) atoms. The summed E-state index contributed by atoms with van der Waals surface area (Å²) in [6.07, 6.45) is 5.74. The highest BCUT2D eigenvalue weighted by Gasteiger charge is 2.44. The molecule has 3 atom stereocenters. The Hall–Kier alpha value is -2.90. The fraction of sp³-hybridized carbons (Fsp3) is 0.600. The molecule has 8 nitrogen and oxygen atoms in total. The van der Waals surface area contributed by atoms with Gasteiger partial charge in [-0.2, -0.15) is 5.10 Å². The maximum Gasteiger partial charge on any atom is 0.253 e. The summed E-state index contributed by atoms with van der Waals surface area (Å²) in [5.74, 6) is 2.16. The summed E-state index contributed by atoms with van der Waals surface area (Å²) in [6, 6.07) is 4.22. The van der Waals surface area contributed by atoms with Gasteiger partial charge in [-0.25, -0.2) is 4.98 Å². The van der Waals surface area contributed by atoms with Crippen LogP contribution >= 0.6 is 0 Å². The van der Waals surface area contributed by atoms with Gasteiger partial charge in [0.25, 0.3) is 5.91 Å². The van der Waals surface area contributed by atoms with Crippen molar-refractivity contribution in [1.82, 2.24) is 25.0 Å². The second-order valence-corrected chi connectivity index (χ2v) is 9.83. The highest BCUT2D eigenvalue weighted by atomic mass is 16.2. The highest BCUT2D eigenvalue weighted by Crippen LogP contribution is 2.38. The number of carbonyl (C=O) groups excluding carboxylic acids is 2. The number of fused-ring (bicyclic) bond motifs is 4. The van der Waals surface area contributed by atoms with Crippen LogP contribution in [-0.2, 0) is 17.9 Å². The Morgan fingerprint density at radius 2 is 2.06 bits per heavy atom. The molecule has 0 aliphatic carbocycles. The van der Waals surface area contributed by atoms with Crippen molar-refractivity contribution in [2.24, 2.45) is 11.8 Å². The van der Waals surface area contributed by atoms with Gasteiger partial charge in [-0.15, -0.1) is 0 Å². The molecule has 2 amide bonds. The monoisotopic (exact) mass is 450 g/mol. The van der Waals surface area contributed by atoms with Crippen LogP contribution in [0.25, 0.3) is 0 Å². The third-order valence-electron chi connectivity index (χ3n) is 7.77. The maximum absolute atomic E-state index is 12.7. The molecule has 8 heteroatoms. The first-order valence-electron chi connectivity index (χ1n) is 12.3. The molecule has 0 radical (unpaired) electrons. The Balaban J connectivity index is 1.22. The summed E-state index contributed by atoms with van der Waals surface area (Å²) in [7, 11) is 0. The molecule has 0 unspecified atom stereocenters. The summed E-state index contributed by atoms with van der Waals surface area (Å²) in [5, 5.41) is 7.54. The van der Waals surface area contributed by atoms with Crippen LogP contribution in [0.1, 0.15) is 59.9 Å². The number of nitrogens with zero attached hydrogens (tertiary/aromatic N) is 5. The zero-order valence-electron chi connectivity index (χ0n) is 19.9. The molecule has 176 valence electrons. The second-order valence-electron chi connectivity index (χ2n) is 9.83. The van der Waals surface area contributed by atoms with Crippen LogP contribution in [0.3, 0.4) is 0 Å². The Bertz CT molecular complexity index is 1050. The first kappa shape index (κ1) is 21.9. The van der Waals surface area contributed by atoms with Crippen molar-refractivity contribution in [1.29, 1.82) is 0 Å². The Labute approximate surface area is 195 Å². The number of anilines is 1. The molecule has 1 N–H and O–H groups in total. The van der Waals surface area contributed by atoms with Gasteiger partial charge in [0.05, 0.1) is 11.3 Å². The van der Waals surface area contributed by atoms with Crippen LogP contribution in [0.2, 0.25) is 0 Å². The lowest BCUT2D eigenvalue weighted by atomic mass is 9.76. The van der Waals surface area contributed by atoms with Gasteiger partial charge in [0.2, 0.25) is 5.91 Å². The summed E-state index contributed by atoms with van der Waals surface area (Å²) in [6.45, 7) is 10.1. The number of amides is 2. The standard InChI is InChI=1S/C25H34N6O2/c1-4-31-17(3)21(16(2)28-31)12-27-25(33)19-8-9-23(26-11-19)29-13-18-10-20(15-29)22-6-5-7-24(32)30(22)14-18/h8-9,11,18,20,22H,4-7,10,12-15H2,1-3H3,(H,27,33)/t18-,20-,22-/m1/s1. The number of carbonyl (C=O) groups is 2. The topological polar surface area (TPSA) is 83.4 Å². The van der Waals surface area contributed by atoms with Crippen molar-refractivity contribution in [2.75, 3.05) is 24.5 Å². The van der Waals surface area contributed by atoms with E-state index >= 15 is 0 Å². The molecule has 0 spiro atoms. The van der Waals surface area contributed by atoms with Gasteiger partial charge in [0.1, 0.15) is 5.82 Å². The molecule has 0 aromatic carbocycles. The van der Waals surface area contributed by atoms with E-state index in [-0.39, 0.29) is 5.91 Å². The number of pyridine rings is 1. The van der Waals surface area contributed by atoms with Crippen molar-refractivity contribution < 1.29 is 9.59 Å². The predicted octanol–water partition coefficient (Wildman–Crippen LogP) is 2.68. The zero-order chi connectivity index (χ0) is 23.1. The molecule has 3 saturated heterocycles. The summed E-state index contributed by atoms with van der Waals surface area (Å²) >= 11 is 0. The minimum absolute atomic E-state index is 0.121. The first-order chi connectivity index (χ1) is 15.9. The maximum atomic E-state index is 12.7. The number of aromatic nitrogens is 3. The fourth-order valence-electron chi connectivity index (χ4n) is 6.07. The van der Waals surface area contributed by atoms with Crippen molar-refractivity contribution in [3.8, 4) is 0 Å². The summed E-state index contributed by atoms with van der Waals surface area (Å²) in [4.78, 5) is 34.2. The largest absolute Gasteiger partial charge is 0.356 e. The molecule has 2 aromatic rings. The van der Waals surface area contributed by atoms with Crippen molar-refractivity contribution >= 4 is 17.6 Å². The van der Waals surface area contributed by atoms with Gasteiger partial charge in [0, 0.05) is 62.6 Å². The SMILES string of the molecule is CCn1nc(C)c(CNC(=O)c2ccc(N3C[C@H]4C[C@H](C3)[C@H]3CCCC(=O)N3C4)nc2)c1C. The highest BCUT2D eigenvalue weighted by molar-refractivity contribution is 5.94. The average Bonchev–Trinajstić information content (AvgIpc) is 3.10. The molecule has 3 aliphatic heterocycles. The van der Waals surface area contributed by atoms with Crippen molar-refractivity contribution in [3.05, 3.63) is 40.8 Å². The molecular weight excluding hydrogens is 416 g/mol. The van der Waals surface area contributed by atoms with Crippen molar-refractivity contribution in [2.45, 2.75) is 65.6 Å². The Kier molecular flexibility index (Phi) is 5.85. The van der Waals surface area contributed by atoms with E-state index in [0.717, 1.165) is 61.8 Å². The summed E-state index contributed by atoms with van der Waals surface area (Å²) in [5.41, 5.74) is 3.69. The number of hydrogen-bond acceptors (Lipinski definition) is 5. The third kappa shape index (κ3) is 4.11. The molecule has 2 bridgehead atoms. The molecule has 3 aliphatic rings. The van der Waals surface area contributed by atoms with Crippen LogP contribution in [0, 0.1) is 25.7 Å². The average molecular weight is 451 g/mol. The van der Waals surface area contributed by atoms with E-state index in [9.17, 15) is 9.59 Å². The molecule has 3 fully saturated rings. The number of rotatable bonds is 5. The minimum atomic E-state index is -0.121. The lowest BCUT2D eigenvalue weighted by molar-refractivity contribution is -0.142. The van der Waals surface area contributed by atoms with Gasteiger partial charge < -0.3 is 15.1 Å². The van der Waals surface area contributed by atoms with E-state index in [1.54, 1.807) is 6.20 Å². The molecular formula is C25H34N6O2. The Morgan fingerprint density at radius 3 is 2.79 bits per heavy atom. The number of hydrogen-bond donors (Lipinski definition) is 1. The van der Waals surface area contributed by atoms with E-state index in [4.69, 9.17) is 0 Å². The normalized spacial score (nSPS) is 24.6. The molecule has 0 saturated carbocycles. The smallest absolute Gasteiger partial charge is 0.253 e. The van der Waals surface area contributed by atoms with Gasteiger partial charge in [-0.1, -0.05) is 0 Å². The number of piperidine rings is 3. The second kappa shape index (κ2) is 8.80. The fourth-order valence-corrected chi connectivity index (χ4v) is 6.07. The zero-order valence-corrected chi connectivity index (χ0v) is 19.9. The van der Waals surface area contributed by atoms with Crippen molar-refractivity contribution in [3.63, 3.8) is 0 Å². The van der Waals surface area contributed by atoms with Crippen LogP contribution in [-0.4, -0.2) is 57.2 Å². The minimum Gasteiger partial charge on any atom is -0.356 e. The van der Waals surface area contributed by atoms with Crippen LogP contribution < -0.4 is 10.2 Å². The van der Waals surface area contributed by atoms with Gasteiger partial charge >= 0.3 is 0 Å². The summed E-state index contributed by atoms with van der Waals surface area (Å²) < 4.78 is 1.96. The lowest BCUT2D eigenvalue weighted by Crippen LogP contribution is -2.60. The van der Waals surface area contributed by atoms with Gasteiger partial charge in [-0.3, -0.25) is 14.3 Å². The van der Waals surface area contributed by atoms with Gasteiger partial charge in [0.15, 0.2) is 0 Å². The predicted molar refractivity (Wildman–Crippen MR) is 126 cm³/mol. The molecule has 2 aromatic heterocycles. The third-order valence-corrected chi connectivity index (χ3v) is 7.77. The quantitative estimate of drug-likeness (QED) is 0.757.